The molecule has 2 rings (SSSR count). The van der Waals surface area contributed by atoms with Gasteiger partial charge in [-0.25, -0.2) is 8.78 Å². The molecule has 0 atom stereocenters. The molecule has 0 radical (unpaired) electrons. The monoisotopic (exact) mass is 375 g/mol. The highest BCUT2D eigenvalue weighted by molar-refractivity contribution is 9.11. The molecule has 0 aliphatic rings. The summed E-state index contributed by atoms with van der Waals surface area (Å²) in [5.41, 5.74) is 1.11. The second-order valence-corrected chi connectivity index (χ2v) is 5.48. The third-order valence-electron chi connectivity index (χ3n) is 2.41. The molecule has 0 heterocycles. The van der Waals surface area contributed by atoms with E-state index in [-0.39, 0.29) is 6.54 Å². The Labute approximate surface area is 120 Å². The van der Waals surface area contributed by atoms with Crippen molar-refractivity contribution in [2.24, 2.45) is 0 Å². The van der Waals surface area contributed by atoms with Crippen molar-refractivity contribution in [3.63, 3.8) is 0 Å². The van der Waals surface area contributed by atoms with Gasteiger partial charge in [-0.2, -0.15) is 0 Å². The van der Waals surface area contributed by atoms with Gasteiger partial charge in [0.05, 0.1) is 0 Å². The van der Waals surface area contributed by atoms with Crippen molar-refractivity contribution in [2.45, 2.75) is 6.54 Å². The van der Waals surface area contributed by atoms with E-state index < -0.39 is 11.6 Å². The molecule has 0 saturated carbocycles. The number of anilines is 1. The molecule has 1 nitrogen and oxygen atoms in total. The first-order chi connectivity index (χ1) is 8.56. The molecule has 2 aromatic rings. The molecule has 2 aromatic carbocycles. The summed E-state index contributed by atoms with van der Waals surface area (Å²) in [5, 5.41) is 3.05. The third kappa shape index (κ3) is 3.29. The minimum atomic E-state index is -0.443. The first kappa shape index (κ1) is 13.5. The SMILES string of the molecule is Fc1ccc(F)c(CNc2cc(Br)ccc2Br)c1. The van der Waals surface area contributed by atoms with Crippen LogP contribution in [0.15, 0.2) is 45.3 Å². The molecule has 18 heavy (non-hydrogen) atoms. The van der Waals surface area contributed by atoms with E-state index in [0.717, 1.165) is 26.8 Å². The summed E-state index contributed by atoms with van der Waals surface area (Å²) in [6.45, 7) is 0.221. The van der Waals surface area contributed by atoms with Gasteiger partial charge in [-0.15, -0.1) is 0 Å². The molecule has 0 unspecified atom stereocenters. The van der Waals surface area contributed by atoms with E-state index in [1.54, 1.807) is 0 Å². The molecule has 1 N–H and O–H groups in total. The van der Waals surface area contributed by atoms with E-state index in [1.807, 2.05) is 18.2 Å². The molecule has 0 aromatic heterocycles. The highest BCUT2D eigenvalue weighted by Crippen LogP contribution is 2.26. The fourth-order valence-corrected chi connectivity index (χ4v) is 2.25. The fourth-order valence-electron chi connectivity index (χ4n) is 1.50. The largest absolute Gasteiger partial charge is 0.380 e. The molecule has 0 aliphatic carbocycles. The molecular weight excluding hydrogens is 368 g/mol. The zero-order valence-electron chi connectivity index (χ0n) is 9.18. The first-order valence-corrected chi connectivity index (χ1v) is 6.78. The highest BCUT2D eigenvalue weighted by atomic mass is 79.9. The van der Waals surface area contributed by atoms with Gasteiger partial charge < -0.3 is 5.32 Å². The van der Waals surface area contributed by atoms with Crippen LogP contribution in [0.5, 0.6) is 0 Å². The van der Waals surface area contributed by atoms with Crippen molar-refractivity contribution in [3.8, 4) is 0 Å². The van der Waals surface area contributed by atoms with Crippen LogP contribution < -0.4 is 5.32 Å². The van der Waals surface area contributed by atoms with Gasteiger partial charge in [-0.1, -0.05) is 15.9 Å². The van der Waals surface area contributed by atoms with Gasteiger partial charge in [0.2, 0.25) is 0 Å². The van der Waals surface area contributed by atoms with Gasteiger partial charge in [0, 0.05) is 26.7 Å². The summed E-state index contributed by atoms with van der Waals surface area (Å²) in [7, 11) is 0. The van der Waals surface area contributed by atoms with E-state index in [1.165, 1.54) is 6.07 Å². The standard InChI is InChI=1S/C13H9Br2F2N/c14-9-1-3-11(15)13(6-9)18-7-8-5-10(16)2-4-12(8)17/h1-6,18H,7H2. The van der Waals surface area contributed by atoms with Gasteiger partial charge in [-0.3, -0.25) is 0 Å². The lowest BCUT2D eigenvalue weighted by molar-refractivity contribution is 0.587. The molecule has 0 aliphatic heterocycles. The van der Waals surface area contributed by atoms with Gasteiger partial charge in [0.15, 0.2) is 0 Å². The van der Waals surface area contributed by atoms with Crippen LogP contribution in [-0.4, -0.2) is 0 Å². The van der Waals surface area contributed by atoms with Crippen LogP contribution in [0.2, 0.25) is 0 Å². The Kier molecular flexibility index (Phi) is 4.35. The summed E-state index contributed by atoms with van der Waals surface area (Å²) < 4.78 is 28.2. The van der Waals surface area contributed by atoms with Crippen molar-refractivity contribution in [2.75, 3.05) is 5.32 Å². The van der Waals surface area contributed by atoms with E-state index in [4.69, 9.17) is 0 Å². The number of halogens is 4. The highest BCUT2D eigenvalue weighted by Gasteiger charge is 2.05. The smallest absolute Gasteiger partial charge is 0.128 e. The minimum absolute atomic E-state index is 0.221. The molecular formula is C13H9Br2F2N. The van der Waals surface area contributed by atoms with Gasteiger partial charge in [0.1, 0.15) is 11.6 Å². The number of nitrogens with one attached hydrogen (secondary N) is 1. The zero-order chi connectivity index (χ0) is 13.1. The summed E-state index contributed by atoms with van der Waals surface area (Å²) in [5.74, 6) is -0.864. The number of benzene rings is 2. The predicted molar refractivity (Wildman–Crippen MR) is 75.5 cm³/mol. The number of hydrogen-bond donors (Lipinski definition) is 1. The Morgan fingerprint density at radius 3 is 2.56 bits per heavy atom. The molecule has 94 valence electrons. The lowest BCUT2D eigenvalue weighted by atomic mass is 10.2. The van der Waals surface area contributed by atoms with Crippen LogP contribution in [0, 0.1) is 11.6 Å². The van der Waals surface area contributed by atoms with Crippen molar-refractivity contribution < 1.29 is 8.78 Å². The summed E-state index contributed by atoms with van der Waals surface area (Å²) in [6, 6.07) is 9.04. The Hall–Kier alpha value is -0.940. The average molecular weight is 377 g/mol. The van der Waals surface area contributed by atoms with Crippen LogP contribution in [0.4, 0.5) is 14.5 Å². The predicted octanol–water partition coefficient (Wildman–Crippen LogP) is 5.10. The maximum Gasteiger partial charge on any atom is 0.128 e. The topological polar surface area (TPSA) is 12.0 Å². The lowest BCUT2D eigenvalue weighted by Crippen LogP contribution is -2.03. The second-order valence-electron chi connectivity index (χ2n) is 3.71. The van der Waals surface area contributed by atoms with Crippen molar-refractivity contribution in [3.05, 3.63) is 62.5 Å². The molecule has 0 spiro atoms. The minimum Gasteiger partial charge on any atom is -0.380 e. The average Bonchev–Trinajstić information content (AvgIpc) is 2.34. The first-order valence-electron chi connectivity index (χ1n) is 5.19. The molecule has 0 amide bonds. The molecule has 5 heteroatoms. The van der Waals surface area contributed by atoms with Gasteiger partial charge in [0.25, 0.3) is 0 Å². The molecule has 0 saturated heterocycles. The van der Waals surface area contributed by atoms with Crippen LogP contribution in [0.1, 0.15) is 5.56 Å². The van der Waals surface area contributed by atoms with E-state index >= 15 is 0 Å². The normalized spacial score (nSPS) is 10.4. The second kappa shape index (κ2) is 5.80. The van der Waals surface area contributed by atoms with Crippen LogP contribution >= 0.6 is 31.9 Å². The Balaban J connectivity index is 2.16. The summed E-state index contributed by atoms with van der Waals surface area (Å²) in [4.78, 5) is 0. The zero-order valence-corrected chi connectivity index (χ0v) is 12.4. The maximum absolute atomic E-state index is 13.4. The van der Waals surface area contributed by atoms with Crippen LogP contribution in [0.3, 0.4) is 0 Å². The maximum atomic E-state index is 13.4. The summed E-state index contributed by atoms with van der Waals surface area (Å²) in [6.07, 6.45) is 0. The van der Waals surface area contributed by atoms with Gasteiger partial charge >= 0.3 is 0 Å². The molecule has 0 bridgehead atoms. The quantitative estimate of drug-likeness (QED) is 0.785. The molecule has 0 fully saturated rings. The van der Waals surface area contributed by atoms with Gasteiger partial charge in [-0.05, 0) is 52.3 Å². The van der Waals surface area contributed by atoms with E-state index in [2.05, 4.69) is 37.2 Å². The van der Waals surface area contributed by atoms with E-state index in [0.29, 0.717) is 5.56 Å². The van der Waals surface area contributed by atoms with Crippen molar-refractivity contribution in [1.82, 2.24) is 0 Å². The summed E-state index contributed by atoms with van der Waals surface area (Å²) >= 11 is 6.74. The Morgan fingerprint density at radius 1 is 1.00 bits per heavy atom. The third-order valence-corrected chi connectivity index (χ3v) is 3.59. The van der Waals surface area contributed by atoms with Crippen LogP contribution in [-0.2, 0) is 6.54 Å². The lowest BCUT2D eigenvalue weighted by Gasteiger charge is -2.10. The number of hydrogen-bond acceptors (Lipinski definition) is 1. The van der Waals surface area contributed by atoms with Crippen molar-refractivity contribution >= 4 is 37.5 Å². The fraction of sp³-hybridized carbons (Fsp3) is 0.0769. The Bertz CT molecular complexity index is 521. The van der Waals surface area contributed by atoms with Crippen molar-refractivity contribution in [1.29, 1.82) is 0 Å². The number of rotatable bonds is 3. The Morgan fingerprint density at radius 2 is 1.78 bits per heavy atom. The van der Waals surface area contributed by atoms with Crippen LogP contribution in [0.25, 0.3) is 0 Å². The van der Waals surface area contributed by atoms with E-state index in [9.17, 15) is 8.78 Å².